The van der Waals surface area contributed by atoms with Crippen molar-refractivity contribution in [3.8, 4) is 0 Å². The molecule has 0 aromatic heterocycles. The summed E-state index contributed by atoms with van der Waals surface area (Å²) in [7, 11) is 0. The second-order valence-electron chi connectivity index (χ2n) is 23.5. The summed E-state index contributed by atoms with van der Waals surface area (Å²) in [6.45, 7) is 8.60. The van der Waals surface area contributed by atoms with Crippen LogP contribution in [0, 0.1) is 17.8 Å². The van der Waals surface area contributed by atoms with Crippen molar-refractivity contribution < 1.29 is 97.1 Å². The average Bonchev–Trinajstić information content (AvgIpc) is 1.43. The highest BCUT2D eigenvalue weighted by Crippen LogP contribution is 2.24. The molecule has 0 unspecified atom stereocenters. The molecule has 33 heteroatoms. The maximum Gasteiger partial charge on any atom is 0.308 e. The lowest BCUT2D eigenvalue weighted by Gasteiger charge is -2.39. The van der Waals surface area contributed by atoms with E-state index in [4.69, 9.17) is 5.73 Å². The van der Waals surface area contributed by atoms with E-state index in [-0.39, 0.29) is 51.6 Å². The summed E-state index contributed by atoms with van der Waals surface area (Å²) in [5.74, 6) is -21.9. The van der Waals surface area contributed by atoms with Gasteiger partial charge in [0.2, 0.25) is 70.9 Å². The van der Waals surface area contributed by atoms with E-state index in [0.717, 1.165) is 42.4 Å². The molecule has 0 spiro atoms. The zero-order valence-corrected chi connectivity index (χ0v) is 51.8. The standard InChI is InChI=1S/C57H89N13O20/c1-28(2)17-12-10-8-9-11-13-20-38(71)62-35(25-43(78)79)50(82)68-47-32(7)61-51(83)37-19-16-22-70(37)55(87)44(29(3)4)66-54(86)46(31(6)58)65-40(73)27-60-48(80)33(23-41(74)75)63-39(72)26-59-49(81)34(24-42(76)77)64-53(85)45(30(5)57(89)90)67-52(84)36-18-14-15-21-69(36)56(47)88/h11,13,28-37,44-47H,8-10,12,14-27,58H2,1-7H3,(H,59,81)(H,60,80)(H,61,83)(H,62,71)(H,63,72)(H,64,85)(H,65,73)(H,66,86)(H,67,84)(H,68,82)(H,74,75)(H,76,77)(H,78,79)(H,89,90)/b13-11-/t30-,31+,32+,33-,34-,35-,36+,37-,44-,45-,46+,47-/m0/s1. The Balaban J connectivity index is 2.18. The normalized spacial score (nSPS) is 25.5. The largest absolute Gasteiger partial charge is 0.481 e. The molecule has 3 fully saturated rings. The van der Waals surface area contributed by atoms with E-state index in [1.165, 1.54) is 13.8 Å². The number of hydrogen-bond acceptors (Lipinski definition) is 17. The predicted octanol–water partition coefficient (Wildman–Crippen LogP) is -3.80. The van der Waals surface area contributed by atoms with Crippen LogP contribution < -0.4 is 58.9 Å². The maximum absolute atomic E-state index is 15.2. The number of carboxylic acids is 4. The molecule has 12 amide bonds. The number of aliphatic carboxylic acids is 4. The summed E-state index contributed by atoms with van der Waals surface area (Å²) < 4.78 is 0. The highest BCUT2D eigenvalue weighted by atomic mass is 16.4. The first-order chi connectivity index (χ1) is 42.2. The summed E-state index contributed by atoms with van der Waals surface area (Å²) >= 11 is 0. The van der Waals surface area contributed by atoms with Crippen molar-refractivity contribution >= 4 is 94.8 Å². The number of nitrogens with two attached hydrogens (primary N) is 1. The number of amides is 12. The van der Waals surface area contributed by atoms with Crippen LogP contribution >= 0.6 is 0 Å². The van der Waals surface area contributed by atoms with Crippen LogP contribution in [0.4, 0.5) is 0 Å². The van der Waals surface area contributed by atoms with Crippen LogP contribution in [-0.2, 0) is 76.7 Å². The Hall–Kier alpha value is -8.78. The fraction of sp³-hybridized carbons (Fsp3) is 0.684. The van der Waals surface area contributed by atoms with Gasteiger partial charge in [-0.2, -0.15) is 0 Å². The molecule has 3 aliphatic heterocycles. The molecule has 0 saturated carbocycles. The van der Waals surface area contributed by atoms with Crippen molar-refractivity contribution in [1.82, 2.24) is 63.0 Å². The molecule has 0 bridgehead atoms. The minimum absolute atomic E-state index is 0.0220. The summed E-state index contributed by atoms with van der Waals surface area (Å²) in [5.41, 5.74) is 6.11. The van der Waals surface area contributed by atoms with Crippen molar-refractivity contribution in [2.45, 2.75) is 205 Å². The van der Waals surface area contributed by atoms with Gasteiger partial charge in [0.05, 0.1) is 44.3 Å². The highest BCUT2D eigenvalue weighted by Gasteiger charge is 2.45. The molecule has 0 aliphatic carbocycles. The second-order valence-corrected chi connectivity index (χ2v) is 23.5. The summed E-state index contributed by atoms with van der Waals surface area (Å²) in [5, 5.41) is 62.2. The molecule has 3 heterocycles. The third kappa shape index (κ3) is 24.3. The monoisotopic (exact) mass is 1280 g/mol. The third-order valence-electron chi connectivity index (χ3n) is 15.2. The Kier molecular flexibility index (Phi) is 30.7. The van der Waals surface area contributed by atoms with E-state index in [9.17, 15) is 92.3 Å². The van der Waals surface area contributed by atoms with Crippen molar-refractivity contribution in [1.29, 1.82) is 0 Å². The lowest BCUT2D eigenvalue weighted by atomic mass is 9.96. The van der Waals surface area contributed by atoms with Crippen LogP contribution in [0.5, 0.6) is 0 Å². The number of fused-ring (bicyclic) bond motifs is 2. The Morgan fingerprint density at radius 2 is 1.12 bits per heavy atom. The van der Waals surface area contributed by atoms with Crippen molar-refractivity contribution in [2.24, 2.45) is 23.5 Å². The van der Waals surface area contributed by atoms with Gasteiger partial charge in [0, 0.05) is 25.6 Å². The van der Waals surface area contributed by atoms with Crippen LogP contribution in [0.2, 0.25) is 0 Å². The van der Waals surface area contributed by atoms with Crippen LogP contribution in [-0.4, -0.2) is 218 Å². The van der Waals surface area contributed by atoms with E-state index in [1.54, 1.807) is 26.0 Å². The Morgan fingerprint density at radius 3 is 1.68 bits per heavy atom. The van der Waals surface area contributed by atoms with Crippen LogP contribution in [0.1, 0.15) is 138 Å². The molecule has 3 saturated heterocycles. The number of nitrogens with zero attached hydrogens (tertiary/aromatic N) is 2. The molecular weight excluding hydrogens is 1190 g/mol. The number of carbonyl (C=O) groups excluding carboxylic acids is 12. The van der Waals surface area contributed by atoms with Gasteiger partial charge in [-0.05, 0) is 77.6 Å². The Bertz CT molecular complexity index is 2690. The third-order valence-corrected chi connectivity index (χ3v) is 15.2. The molecule has 502 valence electrons. The van der Waals surface area contributed by atoms with E-state index >= 15 is 4.79 Å². The van der Waals surface area contributed by atoms with Gasteiger partial charge in [-0.15, -0.1) is 0 Å². The lowest BCUT2D eigenvalue weighted by molar-refractivity contribution is -0.150. The highest BCUT2D eigenvalue weighted by molar-refractivity contribution is 6.01. The van der Waals surface area contributed by atoms with Gasteiger partial charge >= 0.3 is 23.9 Å². The minimum atomic E-state index is -2.15. The fourth-order valence-corrected chi connectivity index (χ4v) is 10.2. The molecule has 33 nitrogen and oxygen atoms in total. The number of carboxylic acid groups (broad SMARTS) is 4. The first-order valence-electron chi connectivity index (χ1n) is 30.1. The number of nitrogens with one attached hydrogen (secondary N) is 10. The molecule has 16 N–H and O–H groups in total. The summed E-state index contributed by atoms with van der Waals surface area (Å²) in [4.78, 5) is 218. The molecule has 3 rings (SSSR count). The molecule has 90 heavy (non-hydrogen) atoms. The second kappa shape index (κ2) is 36.6. The van der Waals surface area contributed by atoms with Gasteiger partial charge in [-0.3, -0.25) is 76.7 Å². The number of piperidine rings is 1. The zero-order chi connectivity index (χ0) is 67.7. The average molecular weight is 1280 g/mol. The smallest absolute Gasteiger partial charge is 0.308 e. The number of carbonyl (C=O) groups is 16. The summed E-state index contributed by atoms with van der Waals surface area (Å²) in [6.07, 6.45) is 4.82. The van der Waals surface area contributed by atoms with Gasteiger partial charge in [-0.1, -0.05) is 59.1 Å². The SMILES string of the molecule is CC(C)CCCCC/C=C\CC(=O)N[C@@H](CC(=O)O)C(=O)N[C@@H]1C(=O)N2CCCC[C@@H]2C(=O)N[C@@H]([C@H](C)C(=O)O)C(=O)N[C@@H](CC(=O)O)C(=O)NCC(=O)N[C@@H](CC(=O)O)C(=O)NCC(=O)N[C@H]([C@@H](C)N)C(=O)N[C@@H](C(C)C)C(=O)N2CCC[C@H]2C(=O)N[C@@H]1C. The summed E-state index contributed by atoms with van der Waals surface area (Å²) in [6, 6.07) is -18.5. The maximum atomic E-state index is 15.2. The van der Waals surface area contributed by atoms with Gasteiger partial charge in [0.1, 0.15) is 54.4 Å². The van der Waals surface area contributed by atoms with Gasteiger partial charge in [0.25, 0.3) is 0 Å². The molecular formula is C57H89N13O20. The molecule has 3 aliphatic rings. The Labute approximate surface area is 520 Å². The van der Waals surface area contributed by atoms with Crippen LogP contribution in [0.3, 0.4) is 0 Å². The topological polar surface area (TPSA) is 507 Å². The molecule has 0 aromatic rings. The quantitative estimate of drug-likeness (QED) is 0.0387. The van der Waals surface area contributed by atoms with Crippen molar-refractivity contribution in [3.05, 3.63) is 12.2 Å². The number of allylic oxidation sites excluding steroid dienone is 1. The number of hydrogen-bond donors (Lipinski definition) is 15. The fourth-order valence-electron chi connectivity index (χ4n) is 10.2. The lowest BCUT2D eigenvalue weighted by Crippen LogP contribution is -2.66. The Morgan fingerprint density at radius 1 is 0.589 bits per heavy atom. The number of rotatable bonds is 21. The van der Waals surface area contributed by atoms with Gasteiger partial charge in [0.15, 0.2) is 0 Å². The first kappa shape index (κ1) is 75.5. The molecule has 0 aromatic carbocycles. The van der Waals surface area contributed by atoms with E-state index < -0.39 is 205 Å². The zero-order valence-electron chi connectivity index (χ0n) is 51.8. The van der Waals surface area contributed by atoms with E-state index in [0.29, 0.717) is 12.3 Å². The number of unbranched alkanes of at least 4 members (excludes halogenated alkanes) is 3. The minimum Gasteiger partial charge on any atom is -0.481 e. The van der Waals surface area contributed by atoms with E-state index in [2.05, 4.69) is 51.1 Å². The van der Waals surface area contributed by atoms with Crippen molar-refractivity contribution in [2.75, 3.05) is 26.2 Å². The molecule has 0 radical (unpaired) electrons. The van der Waals surface area contributed by atoms with Crippen LogP contribution in [0.25, 0.3) is 0 Å². The van der Waals surface area contributed by atoms with Gasteiger partial charge < -0.3 is 89.1 Å². The van der Waals surface area contributed by atoms with Crippen LogP contribution in [0.15, 0.2) is 12.2 Å². The van der Waals surface area contributed by atoms with Gasteiger partial charge in [-0.25, -0.2) is 0 Å². The predicted molar refractivity (Wildman–Crippen MR) is 315 cm³/mol. The first-order valence-corrected chi connectivity index (χ1v) is 30.1. The molecule has 12 atom stereocenters. The van der Waals surface area contributed by atoms with E-state index in [1.807, 2.05) is 16.0 Å². The van der Waals surface area contributed by atoms with Crippen molar-refractivity contribution in [3.63, 3.8) is 0 Å².